The maximum Gasteiger partial charge on any atom is 0.240 e. The molecule has 98 valence electrons. The van der Waals surface area contributed by atoms with Gasteiger partial charge in [0.15, 0.2) is 0 Å². The number of nitrogens with zero attached hydrogens (tertiary/aromatic N) is 1. The van der Waals surface area contributed by atoms with Crippen molar-refractivity contribution in [2.45, 2.75) is 31.7 Å². The Labute approximate surface area is 108 Å². The maximum absolute atomic E-state index is 11.5. The smallest absolute Gasteiger partial charge is 0.240 e. The SMILES string of the molecule is CCC(C(N)=O)N1CC(CCN)c2ccccc21. The fourth-order valence-corrected chi connectivity index (χ4v) is 2.85. The van der Waals surface area contributed by atoms with Gasteiger partial charge in [0, 0.05) is 18.2 Å². The number of anilines is 1. The highest BCUT2D eigenvalue weighted by Gasteiger charge is 2.33. The number of rotatable bonds is 5. The molecule has 4 N–H and O–H groups in total. The van der Waals surface area contributed by atoms with Crippen molar-refractivity contribution in [3.8, 4) is 0 Å². The second-order valence-electron chi connectivity index (χ2n) is 4.81. The van der Waals surface area contributed by atoms with Gasteiger partial charge in [-0.2, -0.15) is 0 Å². The third-order valence-electron chi connectivity index (χ3n) is 3.71. The van der Waals surface area contributed by atoms with E-state index in [0.29, 0.717) is 12.5 Å². The van der Waals surface area contributed by atoms with Gasteiger partial charge in [-0.05, 0) is 31.0 Å². The zero-order valence-corrected chi connectivity index (χ0v) is 10.8. The lowest BCUT2D eigenvalue weighted by Gasteiger charge is -2.27. The Hall–Kier alpha value is -1.55. The van der Waals surface area contributed by atoms with Crippen molar-refractivity contribution in [3.05, 3.63) is 29.8 Å². The first kappa shape index (κ1) is 12.9. The van der Waals surface area contributed by atoms with E-state index in [0.717, 1.165) is 25.1 Å². The minimum Gasteiger partial charge on any atom is -0.368 e. The summed E-state index contributed by atoms with van der Waals surface area (Å²) in [5.74, 6) is 0.167. The molecule has 1 heterocycles. The van der Waals surface area contributed by atoms with E-state index in [4.69, 9.17) is 11.5 Å². The van der Waals surface area contributed by atoms with Crippen LogP contribution in [0.3, 0.4) is 0 Å². The summed E-state index contributed by atoms with van der Waals surface area (Å²) < 4.78 is 0. The average molecular weight is 247 g/mol. The predicted molar refractivity (Wildman–Crippen MR) is 73.5 cm³/mol. The second kappa shape index (κ2) is 5.40. The largest absolute Gasteiger partial charge is 0.368 e. The van der Waals surface area contributed by atoms with E-state index in [1.807, 2.05) is 19.1 Å². The van der Waals surface area contributed by atoms with Crippen LogP contribution in [0.25, 0.3) is 0 Å². The van der Waals surface area contributed by atoms with Gasteiger partial charge in [-0.3, -0.25) is 4.79 Å². The molecule has 0 aromatic heterocycles. The van der Waals surface area contributed by atoms with Gasteiger partial charge in [0.2, 0.25) is 5.91 Å². The van der Waals surface area contributed by atoms with E-state index in [1.54, 1.807) is 0 Å². The summed E-state index contributed by atoms with van der Waals surface area (Å²) in [6.45, 7) is 3.51. The second-order valence-corrected chi connectivity index (χ2v) is 4.81. The summed E-state index contributed by atoms with van der Waals surface area (Å²) in [6, 6.07) is 8.02. The molecule has 4 nitrogen and oxygen atoms in total. The molecule has 4 heteroatoms. The first-order valence-corrected chi connectivity index (χ1v) is 6.54. The molecule has 1 aromatic rings. The normalized spacial score (nSPS) is 19.7. The van der Waals surface area contributed by atoms with Crippen LogP contribution in [0.1, 0.15) is 31.2 Å². The number of hydrogen-bond donors (Lipinski definition) is 2. The monoisotopic (exact) mass is 247 g/mol. The number of primary amides is 1. The van der Waals surface area contributed by atoms with Crippen molar-refractivity contribution in [2.24, 2.45) is 11.5 Å². The third-order valence-corrected chi connectivity index (χ3v) is 3.71. The molecule has 2 atom stereocenters. The number of carbonyl (C=O) groups is 1. The average Bonchev–Trinajstić information content (AvgIpc) is 2.70. The molecule has 0 spiro atoms. The van der Waals surface area contributed by atoms with Gasteiger partial charge in [-0.25, -0.2) is 0 Å². The molecule has 0 aliphatic carbocycles. The van der Waals surface area contributed by atoms with Crippen molar-refractivity contribution in [1.82, 2.24) is 0 Å². The minimum absolute atomic E-state index is 0.214. The molecule has 1 aliphatic heterocycles. The van der Waals surface area contributed by atoms with E-state index in [9.17, 15) is 4.79 Å². The number of carbonyl (C=O) groups excluding carboxylic acids is 1. The summed E-state index contributed by atoms with van der Waals surface area (Å²) in [5, 5.41) is 0. The summed E-state index contributed by atoms with van der Waals surface area (Å²) in [7, 11) is 0. The van der Waals surface area contributed by atoms with Gasteiger partial charge in [0.05, 0.1) is 0 Å². The molecule has 0 radical (unpaired) electrons. The van der Waals surface area contributed by atoms with Crippen LogP contribution < -0.4 is 16.4 Å². The minimum atomic E-state index is -0.249. The van der Waals surface area contributed by atoms with Gasteiger partial charge in [0.1, 0.15) is 6.04 Å². The first-order valence-electron chi connectivity index (χ1n) is 6.54. The molecule has 0 saturated carbocycles. The van der Waals surface area contributed by atoms with Crippen LogP contribution in [0, 0.1) is 0 Å². The predicted octanol–water partition coefficient (Wildman–Crippen LogP) is 1.20. The zero-order valence-electron chi connectivity index (χ0n) is 10.8. The topological polar surface area (TPSA) is 72.4 Å². The Bertz CT molecular complexity index is 433. The van der Waals surface area contributed by atoms with Crippen molar-refractivity contribution >= 4 is 11.6 Å². The molecule has 2 rings (SSSR count). The number of nitrogens with two attached hydrogens (primary N) is 2. The molecule has 1 aromatic carbocycles. The first-order chi connectivity index (χ1) is 8.69. The standard InChI is InChI=1S/C14H21N3O/c1-2-12(14(16)18)17-9-10(7-8-15)11-5-3-4-6-13(11)17/h3-6,10,12H,2,7-9,15H2,1H3,(H2,16,18). The lowest BCUT2D eigenvalue weighted by Crippen LogP contribution is -2.44. The number of benzene rings is 1. The Morgan fingerprint density at radius 2 is 2.22 bits per heavy atom. The molecule has 0 bridgehead atoms. The molecular formula is C14H21N3O. The van der Waals surface area contributed by atoms with E-state index in [2.05, 4.69) is 17.0 Å². The van der Waals surface area contributed by atoms with Gasteiger partial charge in [-0.1, -0.05) is 25.1 Å². The van der Waals surface area contributed by atoms with E-state index in [1.165, 1.54) is 5.56 Å². The van der Waals surface area contributed by atoms with Gasteiger partial charge >= 0.3 is 0 Å². The number of amides is 1. The van der Waals surface area contributed by atoms with Crippen LogP contribution in [0.2, 0.25) is 0 Å². The van der Waals surface area contributed by atoms with Gasteiger partial charge in [-0.15, -0.1) is 0 Å². The van der Waals surface area contributed by atoms with Gasteiger partial charge < -0.3 is 16.4 Å². The Balaban J connectivity index is 2.32. The molecule has 0 fully saturated rings. The molecule has 1 aliphatic rings. The summed E-state index contributed by atoms with van der Waals surface area (Å²) in [5.41, 5.74) is 13.6. The van der Waals surface area contributed by atoms with Crippen LogP contribution in [-0.2, 0) is 4.79 Å². The molecule has 18 heavy (non-hydrogen) atoms. The number of hydrogen-bond acceptors (Lipinski definition) is 3. The van der Waals surface area contributed by atoms with Crippen LogP contribution in [0.15, 0.2) is 24.3 Å². The molecule has 1 amide bonds. The van der Waals surface area contributed by atoms with E-state index in [-0.39, 0.29) is 11.9 Å². The van der Waals surface area contributed by atoms with Crippen molar-refractivity contribution < 1.29 is 4.79 Å². The fraction of sp³-hybridized carbons (Fsp3) is 0.500. The van der Waals surface area contributed by atoms with E-state index >= 15 is 0 Å². The Kier molecular flexibility index (Phi) is 3.87. The molecule has 0 saturated heterocycles. The van der Waals surface area contributed by atoms with Crippen molar-refractivity contribution in [3.63, 3.8) is 0 Å². The highest BCUT2D eigenvalue weighted by atomic mass is 16.1. The third kappa shape index (κ3) is 2.20. The van der Waals surface area contributed by atoms with Gasteiger partial charge in [0.25, 0.3) is 0 Å². The highest BCUT2D eigenvalue weighted by Crippen LogP contribution is 2.39. The lowest BCUT2D eigenvalue weighted by molar-refractivity contribution is -0.119. The lowest BCUT2D eigenvalue weighted by atomic mass is 9.98. The zero-order chi connectivity index (χ0) is 13.1. The van der Waals surface area contributed by atoms with Crippen molar-refractivity contribution in [1.29, 1.82) is 0 Å². The van der Waals surface area contributed by atoms with Crippen LogP contribution in [0.4, 0.5) is 5.69 Å². The summed E-state index contributed by atoms with van der Waals surface area (Å²) in [6.07, 6.45) is 1.68. The van der Waals surface area contributed by atoms with Crippen LogP contribution in [0.5, 0.6) is 0 Å². The summed E-state index contributed by atoms with van der Waals surface area (Å²) >= 11 is 0. The summed E-state index contributed by atoms with van der Waals surface area (Å²) in [4.78, 5) is 13.7. The maximum atomic E-state index is 11.5. The van der Waals surface area contributed by atoms with Crippen molar-refractivity contribution in [2.75, 3.05) is 18.0 Å². The number of para-hydroxylation sites is 1. The fourth-order valence-electron chi connectivity index (χ4n) is 2.85. The Morgan fingerprint density at radius 3 is 2.83 bits per heavy atom. The highest BCUT2D eigenvalue weighted by molar-refractivity contribution is 5.84. The molecule has 2 unspecified atom stereocenters. The van der Waals surface area contributed by atoms with Crippen LogP contribution in [-0.4, -0.2) is 25.0 Å². The van der Waals surface area contributed by atoms with E-state index < -0.39 is 0 Å². The molecular weight excluding hydrogens is 226 g/mol. The number of fused-ring (bicyclic) bond motifs is 1. The van der Waals surface area contributed by atoms with Crippen LogP contribution >= 0.6 is 0 Å². The quantitative estimate of drug-likeness (QED) is 0.821. The Morgan fingerprint density at radius 1 is 1.50 bits per heavy atom.